The second-order valence-electron chi connectivity index (χ2n) is 8.77. The van der Waals surface area contributed by atoms with Crippen LogP contribution in [-0.2, 0) is 6.42 Å². The predicted molar refractivity (Wildman–Crippen MR) is 110 cm³/mol. The SMILES string of the molecule is N#Cc1ccc(CCC2CCC(C3CCC(CC=CCF)CC3)CC2)cc1. The van der Waals surface area contributed by atoms with Crippen LogP contribution in [0.3, 0.4) is 0 Å². The van der Waals surface area contributed by atoms with Crippen LogP contribution < -0.4 is 0 Å². The van der Waals surface area contributed by atoms with Crippen LogP contribution in [0, 0.1) is 35.0 Å². The van der Waals surface area contributed by atoms with Gasteiger partial charge in [-0.05, 0) is 99.2 Å². The molecule has 0 radical (unpaired) electrons. The van der Waals surface area contributed by atoms with Gasteiger partial charge in [0.25, 0.3) is 0 Å². The first kappa shape index (κ1) is 20.1. The Kier molecular flexibility index (Phi) is 7.93. The van der Waals surface area contributed by atoms with Gasteiger partial charge in [-0.2, -0.15) is 5.26 Å². The number of nitrogens with zero attached hydrogens (tertiary/aromatic N) is 1. The number of halogens is 1. The number of rotatable bonds is 7. The lowest BCUT2D eigenvalue weighted by molar-refractivity contribution is 0.144. The van der Waals surface area contributed by atoms with Crippen LogP contribution in [-0.4, -0.2) is 6.67 Å². The molecule has 2 saturated carbocycles. The van der Waals surface area contributed by atoms with Crippen LogP contribution in [0.4, 0.5) is 4.39 Å². The van der Waals surface area contributed by atoms with Gasteiger partial charge in [0, 0.05) is 0 Å². The Labute approximate surface area is 164 Å². The molecular weight excluding hydrogens is 333 g/mol. The number of hydrogen-bond donors (Lipinski definition) is 0. The largest absolute Gasteiger partial charge is 0.247 e. The minimum Gasteiger partial charge on any atom is -0.247 e. The molecule has 2 aliphatic rings. The highest BCUT2D eigenvalue weighted by Crippen LogP contribution is 2.42. The van der Waals surface area contributed by atoms with E-state index in [4.69, 9.17) is 5.26 Å². The van der Waals surface area contributed by atoms with Crippen molar-refractivity contribution in [1.82, 2.24) is 0 Å². The third kappa shape index (κ3) is 6.20. The van der Waals surface area contributed by atoms with Gasteiger partial charge in [-0.3, -0.25) is 0 Å². The Hall–Kier alpha value is -1.62. The monoisotopic (exact) mass is 367 g/mol. The average molecular weight is 368 g/mol. The van der Waals surface area contributed by atoms with Crippen molar-refractivity contribution in [2.75, 3.05) is 6.67 Å². The Bertz CT molecular complexity index is 611. The molecule has 0 bridgehead atoms. The molecular formula is C25H34FN. The van der Waals surface area contributed by atoms with E-state index in [1.807, 2.05) is 18.2 Å². The maximum Gasteiger partial charge on any atom is 0.108 e. The van der Waals surface area contributed by atoms with Crippen molar-refractivity contribution in [3.63, 3.8) is 0 Å². The highest BCUT2D eigenvalue weighted by molar-refractivity contribution is 5.31. The lowest BCUT2D eigenvalue weighted by atomic mass is 9.68. The van der Waals surface area contributed by atoms with E-state index in [2.05, 4.69) is 18.2 Å². The van der Waals surface area contributed by atoms with Crippen LogP contribution in [0.15, 0.2) is 36.4 Å². The minimum absolute atomic E-state index is 0.316. The lowest BCUT2D eigenvalue weighted by Gasteiger charge is -2.37. The van der Waals surface area contributed by atoms with Crippen molar-refractivity contribution in [3.8, 4) is 6.07 Å². The van der Waals surface area contributed by atoms with Crippen LogP contribution in [0.1, 0.15) is 75.3 Å². The van der Waals surface area contributed by atoms with Crippen molar-refractivity contribution < 1.29 is 4.39 Å². The molecule has 2 fully saturated rings. The standard InChI is InChI=1S/C25H34FN/c26-18-2-1-3-20-10-14-24(15-11-20)25-16-12-22(13-17-25)5-4-21-6-8-23(19-27)9-7-21/h1-2,6-9,20,22,24-25H,3-5,10-18H2. The van der Waals surface area contributed by atoms with E-state index in [0.717, 1.165) is 42.1 Å². The summed E-state index contributed by atoms with van der Waals surface area (Å²) in [5.41, 5.74) is 2.13. The summed E-state index contributed by atoms with van der Waals surface area (Å²) in [5, 5.41) is 8.89. The number of hydrogen-bond acceptors (Lipinski definition) is 1. The smallest absolute Gasteiger partial charge is 0.108 e. The summed E-state index contributed by atoms with van der Waals surface area (Å²) in [6.45, 7) is -0.316. The molecule has 1 aromatic carbocycles. The van der Waals surface area contributed by atoms with Gasteiger partial charge in [0.2, 0.25) is 0 Å². The summed E-state index contributed by atoms with van der Waals surface area (Å²) < 4.78 is 12.2. The second-order valence-corrected chi connectivity index (χ2v) is 8.77. The van der Waals surface area contributed by atoms with Crippen molar-refractivity contribution in [2.24, 2.45) is 23.7 Å². The molecule has 0 N–H and O–H groups in total. The average Bonchev–Trinajstić information content (AvgIpc) is 2.74. The zero-order valence-electron chi connectivity index (χ0n) is 16.6. The second kappa shape index (κ2) is 10.6. The summed E-state index contributed by atoms with van der Waals surface area (Å²) in [6, 6.07) is 10.3. The molecule has 0 amide bonds. The lowest BCUT2D eigenvalue weighted by Crippen LogP contribution is -2.26. The molecule has 0 aromatic heterocycles. The molecule has 146 valence electrons. The number of alkyl halides is 1. The summed E-state index contributed by atoms with van der Waals surface area (Å²) in [7, 11) is 0. The van der Waals surface area contributed by atoms with Crippen LogP contribution in [0.5, 0.6) is 0 Å². The fourth-order valence-corrected chi connectivity index (χ4v) is 5.31. The summed E-state index contributed by atoms with van der Waals surface area (Å²) in [6.07, 6.45) is 18.4. The van der Waals surface area contributed by atoms with E-state index in [1.165, 1.54) is 63.4 Å². The van der Waals surface area contributed by atoms with Gasteiger partial charge >= 0.3 is 0 Å². The first-order valence-electron chi connectivity index (χ1n) is 11.0. The van der Waals surface area contributed by atoms with E-state index in [0.29, 0.717) is 0 Å². The third-order valence-electron chi connectivity index (χ3n) is 7.10. The molecule has 0 heterocycles. The number of benzene rings is 1. The highest BCUT2D eigenvalue weighted by atomic mass is 19.1. The highest BCUT2D eigenvalue weighted by Gasteiger charge is 2.30. The zero-order chi connectivity index (χ0) is 18.9. The molecule has 2 aliphatic carbocycles. The van der Waals surface area contributed by atoms with Gasteiger partial charge in [-0.15, -0.1) is 0 Å². The summed E-state index contributed by atoms with van der Waals surface area (Å²) in [4.78, 5) is 0. The number of nitriles is 1. The van der Waals surface area contributed by atoms with Crippen LogP contribution in [0.25, 0.3) is 0 Å². The van der Waals surface area contributed by atoms with Gasteiger partial charge in [0.05, 0.1) is 11.6 Å². The molecule has 3 rings (SSSR count). The van der Waals surface area contributed by atoms with E-state index < -0.39 is 0 Å². The maximum atomic E-state index is 12.2. The summed E-state index contributed by atoms with van der Waals surface area (Å²) in [5.74, 6) is 3.59. The Balaban J connectivity index is 1.34. The Morgan fingerprint density at radius 2 is 1.44 bits per heavy atom. The summed E-state index contributed by atoms with van der Waals surface area (Å²) >= 11 is 0. The fraction of sp³-hybridized carbons (Fsp3) is 0.640. The van der Waals surface area contributed by atoms with Gasteiger partial charge in [-0.1, -0.05) is 37.1 Å². The van der Waals surface area contributed by atoms with Crippen molar-refractivity contribution in [3.05, 3.63) is 47.5 Å². The predicted octanol–water partition coefficient (Wildman–Crippen LogP) is 7.02. The van der Waals surface area contributed by atoms with Crippen molar-refractivity contribution >= 4 is 0 Å². The maximum absolute atomic E-state index is 12.2. The molecule has 0 spiro atoms. The third-order valence-corrected chi connectivity index (χ3v) is 7.10. The van der Waals surface area contributed by atoms with E-state index in [-0.39, 0.29) is 6.67 Å². The molecule has 0 saturated heterocycles. The Morgan fingerprint density at radius 3 is 2.00 bits per heavy atom. The molecule has 1 nitrogen and oxygen atoms in total. The first-order valence-corrected chi connectivity index (χ1v) is 11.0. The van der Waals surface area contributed by atoms with Crippen LogP contribution >= 0.6 is 0 Å². The topological polar surface area (TPSA) is 23.8 Å². The van der Waals surface area contributed by atoms with Gasteiger partial charge in [-0.25, -0.2) is 4.39 Å². The molecule has 27 heavy (non-hydrogen) atoms. The molecule has 2 heteroatoms. The first-order chi connectivity index (χ1) is 13.3. The van der Waals surface area contributed by atoms with E-state index in [1.54, 1.807) is 6.08 Å². The zero-order valence-corrected chi connectivity index (χ0v) is 16.6. The molecule has 0 unspecified atom stereocenters. The van der Waals surface area contributed by atoms with Gasteiger partial charge in [0.15, 0.2) is 0 Å². The van der Waals surface area contributed by atoms with Crippen molar-refractivity contribution in [2.45, 2.75) is 70.6 Å². The van der Waals surface area contributed by atoms with Gasteiger partial charge < -0.3 is 0 Å². The van der Waals surface area contributed by atoms with E-state index >= 15 is 0 Å². The number of allylic oxidation sites excluding steroid dienone is 2. The molecule has 0 aliphatic heterocycles. The number of aryl methyl sites for hydroxylation is 1. The van der Waals surface area contributed by atoms with Crippen LogP contribution in [0.2, 0.25) is 0 Å². The minimum atomic E-state index is -0.316. The normalized spacial score (nSPS) is 28.9. The van der Waals surface area contributed by atoms with E-state index in [9.17, 15) is 4.39 Å². The fourth-order valence-electron chi connectivity index (χ4n) is 5.31. The quantitative estimate of drug-likeness (QED) is 0.475. The van der Waals surface area contributed by atoms with Gasteiger partial charge in [0.1, 0.15) is 6.67 Å². The van der Waals surface area contributed by atoms with Crippen molar-refractivity contribution in [1.29, 1.82) is 5.26 Å². The Morgan fingerprint density at radius 1 is 0.852 bits per heavy atom. The molecule has 0 atom stereocenters. The molecule has 1 aromatic rings.